The molecule has 0 radical (unpaired) electrons. The molecule has 0 saturated heterocycles. The summed E-state index contributed by atoms with van der Waals surface area (Å²) in [7, 11) is 0. The third kappa shape index (κ3) is 3.88. The highest BCUT2D eigenvalue weighted by Crippen LogP contribution is 2.23. The van der Waals surface area contributed by atoms with Crippen molar-refractivity contribution in [2.45, 2.75) is 20.8 Å². The Morgan fingerprint density at radius 2 is 1.38 bits per heavy atom. The van der Waals surface area contributed by atoms with Crippen molar-refractivity contribution >= 4 is 11.9 Å². The molecule has 16 heavy (non-hydrogen) atoms. The molecule has 0 fully saturated rings. The zero-order valence-electron chi connectivity index (χ0n) is 9.93. The minimum atomic E-state index is -0.948. The van der Waals surface area contributed by atoms with Crippen molar-refractivity contribution in [2.24, 2.45) is 17.8 Å². The van der Waals surface area contributed by atoms with E-state index < -0.39 is 17.9 Å². The standard InChI is InChI=1S/C12H18O4/c1-6-15-11(13)10(9(5)8(3)4)12(14)16-7-2/h6-10H,1-2H2,3-5H3. The molecule has 0 saturated carbocycles. The molecule has 0 aliphatic heterocycles. The predicted octanol–water partition coefficient (Wildman–Crippen LogP) is 2.27. The van der Waals surface area contributed by atoms with Gasteiger partial charge in [0, 0.05) is 0 Å². The van der Waals surface area contributed by atoms with Crippen LogP contribution in [0.3, 0.4) is 0 Å². The van der Waals surface area contributed by atoms with E-state index in [1.54, 1.807) is 6.92 Å². The summed E-state index contributed by atoms with van der Waals surface area (Å²) in [6.45, 7) is 12.2. The summed E-state index contributed by atoms with van der Waals surface area (Å²) < 4.78 is 9.27. The summed E-state index contributed by atoms with van der Waals surface area (Å²) in [4.78, 5) is 23.2. The van der Waals surface area contributed by atoms with E-state index >= 15 is 0 Å². The fourth-order valence-corrected chi connectivity index (χ4v) is 1.22. The average Bonchev–Trinajstić information content (AvgIpc) is 2.18. The Morgan fingerprint density at radius 3 is 1.62 bits per heavy atom. The SMILES string of the molecule is C=COC(=O)C(C(=O)OC=C)C(C)C(C)C. The molecule has 1 unspecified atom stereocenters. The maximum Gasteiger partial charge on any atom is 0.325 e. The van der Waals surface area contributed by atoms with Crippen LogP contribution in [-0.2, 0) is 19.1 Å². The number of hydrogen-bond acceptors (Lipinski definition) is 4. The van der Waals surface area contributed by atoms with Gasteiger partial charge in [-0.2, -0.15) is 0 Å². The van der Waals surface area contributed by atoms with Crippen molar-refractivity contribution in [3.05, 3.63) is 25.7 Å². The van der Waals surface area contributed by atoms with Gasteiger partial charge in [-0.05, 0) is 11.8 Å². The Bertz CT molecular complexity index is 259. The van der Waals surface area contributed by atoms with Gasteiger partial charge in [0.25, 0.3) is 0 Å². The lowest BCUT2D eigenvalue weighted by Gasteiger charge is -2.22. The fraction of sp³-hybridized carbons (Fsp3) is 0.500. The van der Waals surface area contributed by atoms with Crippen molar-refractivity contribution in [1.29, 1.82) is 0 Å². The van der Waals surface area contributed by atoms with Crippen molar-refractivity contribution in [1.82, 2.24) is 0 Å². The van der Waals surface area contributed by atoms with Gasteiger partial charge >= 0.3 is 11.9 Å². The summed E-state index contributed by atoms with van der Waals surface area (Å²) in [6.07, 6.45) is 2.01. The Hall–Kier alpha value is -1.58. The number of ether oxygens (including phenoxy) is 2. The number of carbonyl (C=O) groups is 2. The Balaban J connectivity index is 4.88. The van der Waals surface area contributed by atoms with E-state index in [0.717, 1.165) is 12.5 Å². The highest BCUT2D eigenvalue weighted by atomic mass is 16.5. The monoisotopic (exact) mass is 226 g/mol. The van der Waals surface area contributed by atoms with Gasteiger partial charge < -0.3 is 9.47 Å². The maximum atomic E-state index is 11.6. The molecular formula is C12H18O4. The number of hydrogen-bond donors (Lipinski definition) is 0. The van der Waals surface area contributed by atoms with Gasteiger partial charge in [0.05, 0.1) is 12.5 Å². The van der Waals surface area contributed by atoms with Crippen molar-refractivity contribution in [2.75, 3.05) is 0 Å². The molecule has 0 aromatic rings. The van der Waals surface area contributed by atoms with Crippen LogP contribution in [0.1, 0.15) is 20.8 Å². The summed E-state index contributed by atoms with van der Waals surface area (Å²) in [5.74, 6) is -2.28. The topological polar surface area (TPSA) is 52.6 Å². The summed E-state index contributed by atoms with van der Waals surface area (Å²) >= 11 is 0. The Morgan fingerprint density at radius 1 is 1.00 bits per heavy atom. The molecule has 0 heterocycles. The molecule has 4 heteroatoms. The van der Waals surface area contributed by atoms with Gasteiger partial charge in [0.15, 0.2) is 5.92 Å². The number of carbonyl (C=O) groups excluding carboxylic acids is 2. The normalized spacial score (nSPS) is 12.1. The molecule has 0 aromatic carbocycles. The van der Waals surface area contributed by atoms with E-state index in [1.165, 1.54) is 0 Å². The van der Waals surface area contributed by atoms with E-state index in [4.69, 9.17) is 0 Å². The molecule has 0 aliphatic rings. The van der Waals surface area contributed by atoms with Crippen molar-refractivity contribution in [3.63, 3.8) is 0 Å². The smallest absolute Gasteiger partial charge is 0.325 e. The zero-order chi connectivity index (χ0) is 12.7. The minimum absolute atomic E-state index is 0.153. The lowest BCUT2D eigenvalue weighted by molar-refractivity contribution is -0.158. The molecule has 0 spiro atoms. The summed E-state index contributed by atoms with van der Waals surface area (Å²) in [5, 5.41) is 0. The first-order valence-electron chi connectivity index (χ1n) is 5.08. The van der Waals surface area contributed by atoms with Crippen LogP contribution in [0, 0.1) is 17.8 Å². The number of rotatable bonds is 6. The minimum Gasteiger partial charge on any atom is -0.434 e. The second-order valence-corrected chi connectivity index (χ2v) is 3.79. The van der Waals surface area contributed by atoms with Crippen LogP contribution in [0.5, 0.6) is 0 Å². The van der Waals surface area contributed by atoms with E-state index in [1.807, 2.05) is 13.8 Å². The third-order valence-electron chi connectivity index (χ3n) is 2.48. The van der Waals surface area contributed by atoms with Crippen LogP contribution < -0.4 is 0 Å². The van der Waals surface area contributed by atoms with Crippen LogP contribution in [0.4, 0.5) is 0 Å². The van der Waals surface area contributed by atoms with Gasteiger partial charge in [0.1, 0.15) is 0 Å². The largest absolute Gasteiger partial charge is 0.434 e. The van der Waals surface area contributed by atoms with Crippen LogP contribution in [0.15, 0.2) is 25.7 Å². The van der Waals surface area contributed by atoms with Crippen LogP contribution in [0.25, 0.3) is 0 Å². The van der Waals surface area contributed by atoms with Crippen LogP contribution in [-0.4, -0.2) is 11.9 Å². The second kappa shape index (κ2) is 6.82. The molecule has 0 bridgehead atoms. The summed E-state index contributed by atoms with van der Waals surface area (Å²) in [5.41, 5.74) is 0. The van der Waals surface area contributed by atoms with Crippen molar-refractivity contribution < 1.29 is 19.1 Å². The summed E-state index contributed by atoms with van der Waals surface area (Å²) in [6, 6.07) is 0. The van der Waals surface area contributed by atoms with Gasteiger partial charge in [-0.3, -0.25) is 9.59 Å². The molecule has 0 aromatic heterocycles. The first-order chi connectivity index (χ1) is 7.45. The van der Waals surface area contributed by atoms with Gasteiger partial charge in [-0.1, -0.05) is 33.9 Å². The average molecular weight is 226 g/mol. The highest BCUT2D eigenvalue weighted by Gasteiger charge is 2.36. The van der Waals surface area contributed by atoms with E-state index in [9.17, 15) is 9.59 Å². The fourth-order valence-electron chi connectivity index (χ4n) is 1.22. The molecule has 0 aliphatic carbocycles. The van der Waals surface area contributed by atoms with Crippen LogP contribution >= 0.6 is 0 Å². The molecule has 4 nitrogen and oxygen atoms in total. The zero-order valence-corrected chi connectivity index (χ0v) is 9.93. The second-order valence-electron chi connectivity index (χ2n) is 3.79. The molecule has 0 N–H and O–H groups in total. The quantitative estimate of drug-likeness (QED) is 0.396. The predicted molar refractivity (Wildman–Crippen MR) is 60.1 cm³/mol. The number of esters is 2. The lowest BCUT2D eigenvalue weighted by atomic mass is 9.85. The third-order valence-corrected chi connectivity index (χ3v) is 2.48. The van der Waals surface area contributed by atoms with Gasteiger partial charge in [-0.15, -0.1) is 0 Å². The Labute approximate surface area is 95.9 Å². The maximum absolute atomic E-state index is 11.6. The van der Waals surface area contributed by atoms with E-state index in [0.29, 0.717) is 0 Å². The molecular weight excluding hydrogens is 208 g/mol. The molecule has 90 valence electrons. The lowest BCUT2D eigenvalue weighted by Crippen LogP contribution is -2.34. The molecule has 0 amide bonds. The molecule has 1 atom stereocenters. The molecule has 0 rings (SSSR count). The Kier molecular flexibility index (Phi) is 6.15. The first kappa shape index (κ1) is 14.4. The van der Waals surface area contributed by atoms with Gasteiger partial charge in [0.2, 0.25) is 0 Å². The highest BCUT2D eigenvalue weighted by molar-refractivity contribution is 5.95. The van der Waals surface area contributed by atoms with E-state index in [2.05, 4.69) is 22.6 Å². The van der Waals surface area contributed by atoms with Crippen molar-refractivity contribution in [3.8, 4) is 0 Å². The first-order valence-corrected chi connectivity index (χ1v) is 5.08. The van der Waals surface area contributed by atoms with E-state index in [-0.39, 0.29) is 11.8 Å². The van der Waals surface area contributed by atoms with Crippen LogP contribution in [0.2, 0.25) is 0 Å². The van der Waals surface area contributed by atoms with Gasteiger partial charge in [-0.25, -0.2) is 0 Å².